The molecule has 4 nitrogen and oxygen atoms in total. The highest BCUT2D eigenvalue weighted by Crippen LogP contribution is 2.37. The number of nitrogens with one attached hydrogen (secondary N) is 1. The van der Waals surface area contributed by atoms with Gasteiger partial charge in [0.1, 0.15) is 0 Å². The Hall–Kier alpha value is -1.75. The normalized spacial score (nSPS) is 14.0. The lowest BCUT2D eigenvalue weighted by Crippen LogP contribution is -2.27. The summed E-state index contributed by atoms with van der Waals surface area (Å²) in [6.45, 7) is 2.78. The van der Waals surface area contributed by atoms with E-state index in [0.29, 0.717) is 18.3 Å². The van der Waals surface area contributed by atoms with Crippen LogP contribution in [0.4, 0.5) is 0 Å². The zero-order valence-corrected chi connectivity index (χ0v) is 13.6. The van der Waals surface area contributed by atoms with Crippen LogP contribution >= 0.6 is 11.8 Å². The largest absolute Gasteiger partial charge is 0.355 e. The van der Waals surface area contributed by atoms with Crippen LogP contribution in [0.2, 0.25) is 0 Å². The standard InChI is InChI=1S/C17H21N3OS/c1-13-4-2-3-5-14(13)8-9-18-16(21)12-22-17-19-10-11-20(17)15-6-7-15/h2-5,10-11,15H,6-9,12H2,1H3,(H,18,21). The van der Waals surface area contributed by atoms with Crippen molar-refractivity contribution in [2.24, 2.45) is 0 Å². The number of hydrogen-bond donors (Lipinski definition) is 1. The summed E-state index contributed by atoms with van der Waals surface area (Å²) in [7, 11) is 0. The molecule has 0 spiro atoms. The first-order chi connectivity index (χ1) is 10.7. The molecule has 0 atom stereocenters. The minimum absolute atomic E-state index is 0.0731. The molecule has 1 aromatic heterocycles. The lowest BCUT2D eigenvalue weighted by atomic mass is 10.1. The zero-order valence-electron chi connectivity index (χ0n) is 12.8. The number of benzene rings is 1. The molecule has 5 heteroatoms. The minimum Gasteiger partial charge on any atom is -0.355 e. The van der Waals surface area contributed by atoms with Crippen molar-refractivity contribution in [3.8, 4) is 0 Å². The second kappa shape index (κ2) is 7.01. The van der Waals surface area contributed by atoms with Gasteiger partial charge >= 0.3 is 0 Å². The van der Waals surface area contributed by atoms with Crippen molar-refractivity contribution in [2.75, 3.05) is 12.3 Å². The van der Waals surface area contributed by atoms with Gasteiger partial charge < -0.3 is 9.88 Å². The molecule has 2 aromatic rings. The first kappa shape index (κ1) is 15.2. The second-order valence-electron chi connectivity index (χ2n) is 5.66. The van der Waals surface area contributed by atoms with E-state index in [1.807, 2.05) is 24.5 Å². The molecule has 1 aliphatic rings. The van der Waals surface area contributed by atoms with Gasteiger partial charge in [-0.25, -0.2) is 4.98 Å². The Morgan fingerprint density at radius 3 is 3.00 bits per heavy atom. The molecule has 0 radical (unpaired) electrons. The van der Waals surface area contributed by atoms with Crippen LogP contribution in [-0.4, -0.2) is 27.8 Å². The molecule has 0 aliphatic heterocycles. The second-order valence-corrected chi connectivity index (χ2v) is 6.61. The van der Waals surface area contributed by atoms with Crippen LogP contribution in [0, 0.1) is 6.92 Å². The Morgan fingerprint density at radius 1 is 1.41 bits per heavy atom. The number of thioether (sulfide) groups is 1. The number of aromatic nitrogens is 2. The van der Waals surface area contributed by atoms with E-state index >= 15 is 0 Å². The SMILES string of the molecule is Cc1ccccc1CCNC(=O)CSc1nccn1C1CC1. The molecule has 0 unspecified atom stereocenters. The van der Waals surface area contributed by atoms with E-state index in [9.17, 15) is 4.79 Å². The topological polar surface area (TPSA) is 46.9 Å². The predicted molar refractivity (Wildman–Crippen MR) is 89.1 cm³/mol. The van der Waals surface area contributed by atoms with Crippen molar-refractivity contribution >= 4 is 17.7 Å². The molecule has 1 aliphatic carbocycles. The molecule has 1 aromatic carbocycles. The molecular formula is C17H21N3OS. The van der Waals surface area contributed by atoms with Gasteiger partial charge in [-0.2, -0.15) is 0 Å². The van der Waals surface area contributed by atoms with Crippen molar-refractivity contribution in [1.82, 2.24) is 14.9 Å². The van der Waals surface area contributed by atoms with Gasteiger partial charge in [-0.3, -0.25) is 4.79 Å². The first-order valence-corrected chi connectivity index (χ1v) is 8.69. The lowest BCUT2D eigenvalue weighted by molar-refractivity contribution is -0.118. The Bertz CT molecular complexity index is 649. The summed E-state index contributed by atoms with van der Waals surface area (Å²) in [6.07, 6.45) is 7.16. The van der Waals surface area contributed by atoms with Gasteiger partial charge in [0.25, 0.3) is 0 Å². The fraction of sp³-hybridized carbons (Fsp3) is 0.412. The van der Waals surface area contributed by atoms with Crippen LogP contribution in [0.1, 0.15) is 30.0 Å². The molecule has 1 N–H and O–H groups in total. The average molecular weight is 315 g/mol. The summed E-state index contributed by atoms with van der Waals surface area (Å²) in [4.78, 5) is 16.3. The molecule has 1 heterocycles. The smallest absolute Gasteiger partial charge is 0.230 e. The van der Waals surface area contributed by atoms with Crippen LogP contribution in [-0.2, 0) is 11.2 Å². The molecule has 1 amide bonds. The van der Waals surface area contributed by atoms with Gasteiger partial charge in [0.2, 0.25) is 5.91 Å². The predicted octanol–water partition coefficient (Wildman–Crippen LogP) is 2.98. The van der Waals surface area contributed by atoms with Crippen molar-refractivity contribution < 1.29 is 4.79 Å². The zero-order chi connectivity index (χ0) is 15.4. The highest BCUT2D eigenvalue weighted by atomic mass is 32.2. The van der Waals surface area contributed by atoms with Crippen molar-refractivity contribution in [3.63, 3.8) is 0 Å². The highest BCUT2D eigenvalue weighted by molar-refractivity contribution is 7.99. The Morgan fingerprint density at radius 2 is 2.23 bits per heavy atom. The third-order valence-electron chi connectivity index (χ3n) is 3.88. The number of aryl methyl sites for hydroxylation is 1. The minimum atomic E-state index is 0.0731. The number of carbonyl (C=O) groups is 1. The molecule has 1 saturated carbocycles. The van der Waals surface area contributed by atoms with Gasteiger partial charge in [0, 0.05) is 25.0 Å². The maximum absolute atomic E-state index is 11.9. The monoisotopic (exact) mass is 315 g/mol. The van der Waals surface area contributed by atoms with Gasteiger partial charge in [0.15, 0.2) is 5.16 Å². The quantitative estimate of drug-likeness (QED) is 0.799. The summed E-state index contributed by atoms with van der Waals surface area (Å²) in [5, 5.41) is 3.94. The highest BCUT2D eigenvalue weighted by Gasteiger charge is 2.25. The van der Waals surface area contributed by atoms with E-state index in [1.165, 1.54) is 35.7 Å². The van der Waals surface area contributed by atoms with Crippen molar-refractivity contribution in [1.29, 1.82) is 0 Å². The van der Waals surface area contributed by atoms with E-state index in [0.717, 1.165) is 11.6 Å². The molecule has 1 fully saturated rings. The first-order valence-electron chi connectivity index (χ1n) is 7.71. The Labute approximate surface area is 135 Å². The van der Waals surface area contributed by atoms with E-state index in [1.54, 1.807) is 0 Å². The van der Waals surface area contributed by atoms with E-state index < -0.39 is 0 Å². The maximum Gasteiger partial charge on any atom is 0.230 e. The van der Waals surface area contributed by atoms with Crippen molar-refractivity contribution in [3.05, 3.63) is 47.8 Å². The van der Waals surface area contributed by atoms with Crippen LogP contribution in [0.3, 0.4) is 0 Å². The van der Waals surface area contributed by atoms with Crippen LogP contribution in [0.15, 0.2) is 41.8 Å². The summed E-state index contributed by atoms with van der Waals surface area (Å²) in [5.41, 5.74) is 2.57. The molecule has 0 saturated heterocycles. The molecule has 3 rings (SSSR count). The average Bonchev–Trinajstić information content (AvgIpc) is 3.25. The molecule has 116 valence electrons. The van der Waals surface area contributed by atoms with Crippen LogP contribution in [0.5, 0.6) is 0 Å². The molecular weight excluding hydrogens is 294 g/mol. The van der Waals surface area contributed by atoms with E-state index in [-0.39, 0.29) is 5.91 Å². The van der Waals surface area contributed by atoms with Gasteiger partial charge in [-0.05, 0) is 37.3 Å². The summed E-state index contributed by atoms with van der Waals surface area (Å²) >= 11 is 1.52. The fourth-order valence-electron chi connectivity index (χ4n) is 2.45. The fourth-order valence-corrected chi connectivity index (χ4v) is 3.31. The third kappa shape index (κ3) is 3.91. The third-order valence-corrected chi connectivity index (χ3v) is 4.86. The van der Waals surface area contributed by atoms with Crippen LogP contribution < -0.4 is 5.32 Å². The number of rotatable bonds is 7. The Kier molecular flexibility index (Phi) is 4.83. The van der Waals surface area contributed by atoms with Gasteiger partial charge in [0.05, 0.1) is 5.75 Å². The Balaban J connectivity index is 1.41. The maximum atomic E-state index is 11.9. The lowest BCUT2D eigenvalue weighted by Gasteiger charge is -2.08. The summed E-state index contributed by atoms with van der Waals surface area (Å²) < 4.78 is 2.19. The van der Waals surface area contributed by atoms with Crippen molar-refractivity contribution in [2.45, 2.75) is 37.4 Å². The van der Waals surface area contributed by atoms with Gasteiger partial charge in [-0.15, -0.1) is 0 Å². The van der Waals surface area contributed by atoms with Crippen LogP contribution in [0.25, 0.3) is 0 Å². The number of nitrogens with zero attached hydrogens (tertiary/aromatic N) is 2. The van der Waals surface area contributed by atoms with Gasteiger partial charge in [-0.1, -0.05) is 36.0 Å². The summed E-state index contributed by atoms with van der Waals surface area (Å²) in [5.74, 6) is 0.501. The number of amides is 1. The number of hydrogen-bond acceptors (Lipinski definition) is 3. The number of carbonyl (C=O) groups excluding carboxylic acids is 1. The van der Waals surface area contributed by atoms with E-state index in [2.05, 4.69) is 33.9 Å². The molecule has 0 bridgehead atoms. The number of imidazole rings is 1. The van der Waals surface area contributed by atoms with E-state index in [4.69, 9.17) is 0 Å². The molecule has 22 heavy (non-hydrogen) atoms. The summed E-state index contributed by atoms with van der Waals surface area (Å²) in [6, 6.07) is 8.90.